The molecule has 0 unspecified atom stereocenters. The smallest absolute Gasteiger partial charge is 0.157 e. The third-order valence-electron chi connectivity index (χ3n) is 11.7. The van der Waals surface area contributed by atoms with Gasteiger partial charge in [0, 0.05) is 55.7 Å². The van der Waals surface area contributed by atoms with Gasteiger partial charge in [-0.2, -0.15) is 5.26 Å². The van der Waals surface area contributed by atoms with E-state index in [4.69, 9.17) is 8.83 Å². The Kier molecular flexibility index (Phi) is 8.05. The van der Waals surface area contributed by atoms with Crippen molar-refractivity contribution < 1.29 is 8.83 Å². The molecule has 0 saturated heterocycles. The molecule has 9 aromatic carbocycles. The number of nitriles is 1. The molecule has 11 rings (SSSR count). The van der Waals surface area contributed by atoms with Crippen LogP contribution in [0.5, 0.6) is 0 Å². The minimum atomic E-state index is 0.402. The molecular formula is C55H39N3O2. The number of aryl methyl sites for hydroxylation is 4. The summed E-state index contributed by atoms with van der Waals surface area (Å²) in [5, 5.41) is 18.7. The van der Waals surface area contributed by atoms with Gasteiger partial charge in [-0.15, -0.1) is 0 Å². The van der Waals surface area contributed by atoms with Crippen molar-refractivity contribution in [1.29, 1.82) is 5.26 Å². The summed E-state index contributed by atoms with van der Waals surface area (Å²) < 4.78 is 13.2. The SMILES string of the molecule is Cc1cccc(N(c2cccc(C)c2)c2ccc3cc4c(cc3c2)oc2c(C#N)c3oc5cc6cc(N(c7cccc(C)c7)c7cccc(C)c7)ccc6cc5c3cc24)c1. The fourth-order valence-electron chi connectivity index (χ4n) is 8.94. The molecule has 0 aliphatic heterocycles. The van der Waals surface area contributed by atoms with Gasteiger partial charge in [0.1, 0.15) is 22.8 Å². The summed E-state index contributed by atoms with van der Waals surface area (Å²) in [4.78, 5) is 4.59. The van der Waals surface area contributed by atoms with Gasteiger partial charge in [-0.3, -0.25) is 0 Å². The van der Waals surface area contributed by atoms with E-state index in [1.54, 1.807) is 0 Å². The molecule has 286 valence electrons. The minimum Gasteiger partial charge on any atom is -0.454 e. The third kappa shape index (κ3) is 5.84. The van der Waals surface area contributed by atoms with Gasteiger partial charge in [-0.05, 0) is 175 Å². The van der Waals surface area contributed by atoms with Crippen LogP contribution in [0.15, 0.2) is 173 Å². The standard InChI is InChI=1S/C55H39N3O2/c1-33-9-5-13-41(21-33)57(42-14-6-10-34(2)22-42)45-19-17-37-27-47-49-31-50-48-28-38-18-20-46(58(43-15-7-11-35(3)23-43)44-16-8-12-36(4)24-44)26-40(38)30-53(48)60-55(50)51(32-56)54(49)59-52(47)29-39(37)25-45/h5-31H,1-4H3. The molecule has 11 aromatic rings. The van der Waals surface area contributed by atoms with Crippen molar-refractivity contribution in [2.45, 2.75) is 27.7 Å². The number of furan rings is 2. The van der Waals surface area contributed by atoms with E-state index in [2.05, 4.69) is 207 Å². The van der Waals surface area contributed by atoms with Gasteiger partial charge in [0.25, 0.3) is 0 Å². The zero-order valence-electron chi connectivity index (χ0n) is 33.7. The van der Waals surface area contributed by atoms with Crippen molar-refractivity contribution in [2.75, 3.05) is 9.80 Å². The fraction of sp³-hybridized carbons (Fsp3) is 0.0727. The number of rotatable bonds is 6. The Morgan fingerprint density at radius 1 is 0.367 bits per heavy atom. The minimum absolute atomic E-state index is 0.402. The van der Waals surface area contributed by atoms with Gasteiger partial charge < -0.3 is 18.6 Å². The van der Waals surface area contributed by atoms with Crippen molar-refractivity contribution in [3.63, 3.8) is 0 Å². The molecule has 0 fully saturated rings. The molecule has 0 N–H and O–H groups in total. The molecule has 2 heterocycles. The number of fused-ring (bicyclic) bond motifs is 8. The molecule has 5 heteroatoms. The molecule has 0 atom stereocenters. The molecule has 60 heavy (non-hydrogen) atoms. The van der Waals surface area contributed by atoms with E-state index in [9.17, 15) is 5.26 Å². The van der Waals surface area contributed by atoms with E-state index in [0.717, 1.165) is 88.4 Å². The first kappa shape index (κ1) is 35.4. The van der Waals surface area contributed by atoms with Gasteiger partial charge in [0.15, 0.2) is 11.2 Å². The highest BCUT2D eigenvalue weighted by atomic mass is 16.3. The molecule has 0 bridgehead atoms. The summed E-state index contributed by atoms with van der Waals surface area (Å²) in [7, 11) is 0. The highest BCUT2D eigenvalue weighted by Crippen LogP contribution is 2.44. The average Bonchev–Trinajstić information content (AvgIpc) is 3.78. The van der Waals surface area contributed by atoms with Crippen LogP contribution in [0.4, 0.5) is 34.1 Å². The summed E-state index contributed by atoms with van der Waals surface area (Å²) in [6, 6.07) is 60.7. The van der Waals surface area contributed by atoms with Crippen LogP contribution in [0.1, 0.15) is 27.8 Å². The second-order valence-corrected chi connectivity index (χ2v) is 16.1. The van der Waals surface area contributed by atoms with Crippen LogP contribution in [-0.2, 0) is 0 Å². The molecule has 0 radical (unpaired) electrons. The quantitative estimate of drug-likeness (QED) is 0.168. The topological polar surface area (TPSA) is 56.6 Å². The Hall–Kier alpha value is -7.81. The van der Waals surface area contributed by atoms with Crippen LogP contribution in [-0.4, -0.2) is 0 Å². The summed E-state index contributed by atoms with van der Waals surface area (Å²) >= 11 is 0. The molecule has 0 spiro atoms. The first-order valence-corrected chi connectivity index (χ1v) is 20.3. The number of anilines is 6. The molecule has 0 saturated carbocycles. The summed E-state index contributed by atoms with van der Waals surface area (Å²) in [5.74, 6) is 0. The average molecular weight is 774 g/mol. The lowest BCUT2D eigenvalue weighted by Gasteiger charge is -2.26. The first-order chi connectivity index (χ1) is 29.3. The van der Waals surface area contributed by atoms with Crippen LogP contribution in [0.2, 0.25) is 0 Å². The van der Waals surface area contributed by atoms with Gasteiger partial charge in [-0.25, -0.2) is 0 Å². The van der Waals surface area contributed by atoms with Crippen molar-refractivity contribution >= 4 is 99.5 Å². The molecule has 2 aromatic heterocycles. The van der Waals surface area contributed by atoms with E-state index < -0.39 is 0 Å². The van der Waals surface area contributed by atoms with Crippen LogP contribution in [0.25, 0.3) is 65.4 Å². The molecular weight excluding hydrogens is 735 g/mol. The summed E-state index contributed by atoms with van der Waals surface area (Å²) in [6.45, 7) is 8.49. The van der Waals surface area contributed by atoms with Crippen molar-refractivity contribution in [2.24, 2.45) is 0 Å². The van der Waals surface area contributed by atoms with Crippen LogP contribution >= 0.6 is 0 Å². The Morgan fingerprint density at radius 2 is 0.733 bits per heavy atom. The van der Waals surface area contributed by atoms with Crippen LogP contribution in [0, 0.1) is 39.0 Å². The van der Waals surface area contributed by atoms with E-state index >= 15 is 0 Å². The second-order valence-electron chi connectivity index (χ2n) is 16.1. The van der Waals surface area contributed by atoms with E-state index in [0.29, 0.717) is 16.7 Å². The van der Waals surface area contributed by atoms with E-state index in [-0.39, 0.29) is 0 Å². The van der Waals surface area contributed by atoms with Gasteiger partial charge >= 0.3 is 0 Å². The van der Waals surface area contributed by atoms with Crippen LogP contribution in [0.3, 0.4) is 0 Å². The summed E-state index contributed by atoms with van der Waals surface area (Å²) in [5.41, 5.74) is 14.2. The highest BCUT2D eigenvalue weighted by molar-refractivity contribution is 6.20. The third-order valence-corrected chi connectivity index (χ3v) is 11.7. The number of hydrogen-bond donors (Lipinski definition) is 0. The molecule has 5 nitrogen and oxygen atoms in total. The normalized spacial score (nSPS) is 11.7. The second kappa shape index (κ2) is 13.7. The molecule has 0 aliphatic carbocycles. The highest BCUT2D eigenvalue weighted by Gasteiger charge is 2.22. The monoisotopic (exact) mass is 773 g/mol. The maximum absolute atomic E-state index is 10.7. The predicted molar refractivity (Wildman–Crippen MR) is 249 cm³/mol. The summed E-state index contributed by atoms with van der Waals surface area (Å²) in [6.07, 6.45) is 0. The lowest BCUT2D eigenvalue weighted by atomic mass is 10.0. The van der Waals surface area contributed by atoms with Gasteiger partial charge in [0.2, 0.25) is 0 Å². The Balaban J connectivity index is 1.04. The predicted octanol–water partition coefficient (Wildman–Crippen LogP) is 15.8. The van der Waals surface area contributed by atoms with Crippen LogP contribution < -0.4 is 9.80 Å². The lowest BCUT2D eigenvalue weighted by molar-refractivity contribution is 0.654. The lowest BCUT2D eigenvalue weighted by Crippen LogP contribution is -2.10. The Morgan fingerprint density at radius 3 is 1.08 bits per heavy atom. The Bertz CT molecular complexity index is 3270. The fourth-order valence-corrected chi connectivity index (χ4v) is 8.94. The van der Waals surface area contributed by atoms with Gasteiger partial charge in [-0.1, -0.05) is 60.7 Å². The molecule has 0 aliphatic rings. The molecule has 0 amide bonds. The van der Waals surface area contributed by atoms with Crippen molar-refractivity contribution in [1.82, 2.24) is 0 Å². The number of hydrogen-bond acceptors (Lipinski definition) is 5. The Labute approximate surface area is 347 Å². The zero-order chi connectivity index (χ0) is 40.6. The number of nitrogens with zero attached hydrogens (tertiary/aromatic N) is 3. The first-order valence-electron chi connectivity index (χ1n) is 20.3. The van der Waals surface area contributed by atoms with Crippen molar-refractivity contribution in [3.8, 4) is 6.07 Å². The number of benzene rings is 9. The maximum atomic E-state index is 10.7. The van der Waals surface area contributed by atoms with Crippen molar-refractivity contribution in [3.05, 3.63) is 192 Å². The van der Waals surface area contributed by atoms with E-state index in [1.165, 1.54) is 22.3 Å². The zero-order valence-corrected chi connectivity index (χ0v) is 33.7. The van der Waals surface area contributed by atoms with E-state index in [1.807, 2.05) is 0 Å². The largest absolute Gasteiger partial charge is 0.454 e. The maximum Gasteiger partial charge on any atom is 0.157 e. The van der Waals surface area contributed by atoms with Gasteiger partial charge in [0.05, 0.1) is 0 Å².